The highest BCUT2D eigenvalue weighted by molar-refractivity contribution is 5.67. The first-order valence-electron chi connectivity index (χ1n) is 30.0. The van der Waals surface area contributed by atoms with Gasteiger partial charge in [0.2, 0.25) is 0 Å². The number of amides is 2. The maximum absolute atomic E-state index is 11.7. The fourth-order valence-corrected chi connectivity index (χ4v) is 10.2. The largest absolute Gasteiger partial charge is 0.407 e. The molecule has 67 heavy (non-hydrogen) atoms. The molecule has 1 aromatic rings. The molecular formula is C61H114N2O4. The molecular weight excluding hydrogens is 825 g/mol. The fourth-order valence-electron chi connectivity index (χ4n) is 10.2. The lowest BCUT2D eigenvalue weighted by atomic mass is 9.95. The Morgan fingerprint density at radius 3 is 0.806 bits per heavy atom. The summed E-state index contributed by atoms with van der Waals surface area (Å²) < 4.78 is 10.4. The third-order valence-electron chi connectivity index (χ3n) is 14.5. The molecule has 1 aromatic carbocycles. The molecule has 6 nitrogen and oxygen atoms in total. The number of carbonyl (C=O) groups is 2. The van der Waals surface area contributed by atoms with E-state index in [4.69, 9.17) is 20.9 Å². The van der Waals surface area contributed by atoms with Gasteiger partial charge in [0, 0.05) is 5.56 Å². The normalized spacial score (nSPS) is 11.5. The lowest BCUT2D eigenvalue weighted by Crippen LogP contribution is -2.25. The lowest BCUT2D eigenvalue weighted by molar-refractivity contribution is -0.0583. The van der Waals surface area contributed by atoms with E-state index in [1.807, 2.05) is 6.07 Å². The smallest absolute Gasteiger partial charge is 0.405 e. The predicted octanol–water partition coefficient (Wildman–Crippen LogP) is 20.7. The van der Waals surface area contributed by atoms with E-state index in [9.17, 15) is 9.59 Å². The van der Waals surface area contributed by atoms with Crippen LogP contribution < -0.4 is 11.5 Å². The van der Waals surface area contributed by atoms with Gasteiger partial charge in [-0.3, -0.25) is 0 Å². The van der Waals surface area contributed by atoms with Gasteiger partial charge in [-0.2, -0.15) is 0 Å². The van der Waals surface area contributed by atoms with Crippen LogP contribution >= 0.6 is 0 Å². The Morgan fingerprint density at radius 2 is 0.567 bits per heavy atom. The van der Waals surface area contributed by atoms with E-state index < -0.39 is 18.5 Å². The lowest BCUT2D eigenvalue weighted by Gasteiger charge is -2.20. The molecule has 4 N–H and O–H groups in total. The molecule has 0 unspecified atom stereocenters. The zero-order chi connectivity index (χ0) is 48.4. The van der Waals surface area contributed by atoms with Crippen LogP contribution in [0.1, 0.15) is 345 Å². The van der Waals surface area contributed by atoms with Gasteiger partial charge >= 0.3 is 12.2 Å². The standard InChI is InChI=1S/C61H114N2O4/c1-3-5-7-9-11-13-15-17-19-21-23-25-27-29-31-33-35-37-39-41-43-45-47-49-51-56-53-54-58(59(66-60(62)64)67-61(63)65)57(55-56)52-50-48-46-44-42-40-38-36-34-32-30-28-26-24-22-20-18-16-14-12-10-8-6-4-2/h53-55,59H,3-52H2,1-2H3,(H2,62,64)(H2,63,65). The van der Waals surface area contributed by atoms with Crippen molar-refractivity contribution in [2.75, 3.05) is 0 Å². The number of primary amides is 2. The summed E-state index contributed by atoms with van der Waals surface area (Å²) in [5, 5.41) is 0. The highest BCUT2D eigenvalue weighted by Gasteiger charge is 2.22. The second-order valence-electron chi connectivity index (χ2n) is 21.0. The quantitative estimate of drug-likeness (QED) is 0.0501. The third kappa shape index (κ3) is 43.5. The van der Waals surface area contributed by atoms with Crippen LogP contribution in [0.5, 0.6) is 0 Å². The van der Waals surface area contributed by atoms with Crippen molar-refractivity contribution in [3.8, 4) is 0 Å². The van der Waals surface area contributed by atoms with E-state index in [0.29, 0.717) is 5.56 Å². The Morgan fingerprint density at radius 1 is 0.343 bits per heavy atom. The van der Waals surface area contributed by atoms with Crippen LogP contribution in [0.4, 0.5) is 9.59 Å². The third-order valence-corrected chi connectivity index (χ3v) is 14.5. The highest BCUT2D eigenvalue weighted by Crippen LogP contribution is 2.27. The molecule has 0 saturated heterocycles. The first-order valence-corrected chi connectivity index (χ1v) is 30.0. The van der Waals surface area contributed by atoms with E-state index in [-0.39, 0.29) is 0 Å². The molecule has 0 spiro atoms. The molecule has 0 aliphatic rings. The SMILES string of the molecule is CCCCCCCCCCCCCCCCCCCCCCCCCCc1ccc(C(OC(N)=O)OC(N)=O)c(CCCCCCCCCCCCCCCCCCCCCCCCCC)c1. The van der Waals surface area contributed by atoms with E-state index in [1.165, 1.54) is 295 Å². The molecule has 0 aliphatic carbocycles. The number of nitrogens with two attached hydrogens (primary N) is 2. The number of unbranched alkanes of at least 4 members (excludes halogenated alkanes) is 46. The van der Waals surface area contributed by atoms with Gasteiger partial charge in [-0.15, -0.1) is 0 Å². The fraction of sp³-hybridized carbons (Fsp3) is 0.869. The van der Waals surface area contributed by atoms with Crippen molar-refractivity contribution < 1.29 is 19.1 Å². The van der Waals surface area contributed by atoms with Crippen LogP contribution in [0, 0.1) is 0 Å². The summed E-state index contributed by atoms with van der Waals surface area (Å²) in [5.74, 6) is 0. The first-order chi connectivity index (χ1) is 33.0. The molecule has 0 heterocycles. The topological polar surface area (TPSA) is 105 Å². The van der Waals surface area contributed by atoms with Crippen LogP contribution in [-0.2, 0) is 22.3 Å². The number of carbonyl (C=O) groups excluding carboxylic acids is 2. The van der Waals surface area contributed by atoms with Gasteiger partial charge in [0.15, 0.2) is 0 Å². The van der Waals surface area contributed by atoms with Crippen molar-refractivity contribution in [3.63, 3.8) is 0 Å². The molecule has 1 rings (SSSR count). The molecule has 0 aromatic heterocycles. The zero-order valence-corrected chi connectivity index (χ0v) is 45.0. The minimum Gasteiger partial charge on any atom is -0.405 e. The molecule has 6 heteroatoms. The molecule has 392 valence electrons. The van der Waals surface area contributed by atoms with Gasteiger partial charge in [-0.1, -0.05) is 327 Å². The van der Waals surface area contributed by atoms with Crippen molar-refractivity contribution in [1.29, 1.82) is 0 Å². The molecule has 0 aliphatic heterocycles. The molecule has 0 saturated carbocycles. The average molecular weight is 940 g/mol. The molecule has 0 radical (unpaired) electrons. The predicted molar refractivity (Wildman–Crippen MR) is 291 cm³/mol. The van der Waals surface area contributed by atoms with Gasteiger partial charge in [0.1, 0.15) is 0 Å². The van der Waals surface area contributed by atoms with Crippen molar-refractivity contribution in [2.45, 2.75) is 341 Å². The van der Waals surface area contributed by atoms with E-state index in [2.05, 4.69) is 26.0 Å². The number of rotatable bonds is 53. The summed E-state index contributed by atoms with van der Waals surface area (Å²) in [7, 11) is 0. The van der Waals surface area contributed by atoms with Crippen molar-refractivity contribution in [1.82, 2.24) is 0 Å². The Labute approximate surface area is 417 Å². The second-order valence-corrected chi connectivity index (χ2v) is 21.0. The molecule has 0 atom stereocenters. The molecule has 0 bridgehead atoms. The number of ether oxygens (including phenoxy) is 2. The van der Waals surface area contributed by atoms with Crippen LogP contribution in [-0.4, -0.2) is 12.2 Å². The summed E-state index contributed by atoms with van der Waals surface area (Å²) >= 11 is 0. The van der Waals surface area contributed by atoms with Crippen LogP contribution in [0.3, 0.4) is 0 Å². The van der Waals surface area contributed by atoms with Crippen molar-refractivity contribution in [3.05, 3.63) is 34.9 Å². The van der Waals surface area contributed by atoms with Gasteiger partial charge in [0.05, 0.1) is 0 Å². The maximum Gasteiger partial charge on any atom is 0.407 e. The van der Waals surface area contributed by atoms with E-state index in [1.54, 1.807) is 0 Å². The molecule has 0 fully saturated rings. The number of aryl methyl sites for hydroxylation is 2. The van der Waals surface area contributed by atoms with Gasteiger partial charge in [-0.05, 0) is 36.8 Å². The summed E-state index contributed by atoms with van der Waals surface area (Å²) in [5.41, 5.74) is 13.7. The Balaban J connectivity index is 2.14. The van der Waals surface area contributed by atoms with Crippen LogP contribution in [0.15, 0.2) is 18.2 Å². The van der Waals surface area contributed by atoms with Crippen molar-refractivity contribution in [2.24, 2.45) is 11.5 Å². The molecule has 2 amide bonds. The maximum atomic E-state index is 11.7. The number of hydrogen-bond donors (Lipinski definition) is 2. The highest BCUT2D eigenvalue weighted by atomic mass is 16.7. The Kier molecular flexibility index (Phi) is 47.0. The number of hydrogen-bond acceptors (Lipinski definition) is 4. The summed E-state index contributed by atoms with van der Waals surface area (Å²) in [6.45, 7) is 4.60. The van der Waals surface area contributed by atoms with Gasteiger partial charge in [-0.25, -0.2) is 9.59 Å². The minimum atomic E-state index is -1.22. The van der Waals surface area contributed by atoms with E-state index in [0.717, 1.165) is 37.7 Å². The average Bonchev–Trinajstić information content (AvgIpc) is 3.31. The zero-order valence-electron chi connectivity index (χ0n) is 45.0. The summed E-state index contributed by atoms with van der Waals surface area (Å²) in [6.07, 6.45) is 65.3. The van der Waals surface area contributed by atoms with Gasteiger partial charge in [0.25, 0.3) is 6.29 Å². The summed E-state index contributed by atoms with van der Waals surface area (Å²) in [6, 6.07) is 6.22. The summed E-state index contributed by atoms with van der Waals surface area (Å²) in [4.78, 5) is 23.4. The van der Waals surface area contributed by atoms with E-state index >= 15 is 0 Å². The monoisotopic (exact) mass is 939 g/mol. The Hall–Kier alpha value is -2.24. The van der Waals surface area contributed by atoms with Gasteiger partial charge < -0.3 is 20.9 Å². The first kappa shape index (κ1) is 62.8. The van der Waals surface area contributed by atoms with Crippen LogP contribution in [0.2, 0.25) is 0 Å². The Bertz CT molecular complexity index is 1190. The second kappa shape index (κ2) is 50.2. The minimum absolute atomic E-state index is 0.662. The van der Waals surface area contributed by atoms with Crippen molar-refractivity contribution >= 4 is 12.2 Å². The number of benzene rings is 1. The van der Waals surface area contributed by atoms with Crippen LogP contribution in [0.25, 0.3) is 0 Å².